The van der Waals surface area contributed by atoms with Gasteiger partial charge in [0.2, 0.25) is 0 Å². The highest BCUT2D eigenvalue weighted by Crippen LogP contribution is 2.23. The summed E-state index contributed by atoms with van der Waals surface area (Å²) in [7, 11) is 0. The van der Waals surface area contributed by atoms with Crippen molar-refractivity contribution in [1.29, 1.82) is 0 Å². The first-order valence-corrected chi connectivity index (χ1v) is 7.22. The Kier molecular flexibility index (Phi) is 4.65. The van der Waals surface area contributed by atoms with Crippen molar-refractivity contribution in [2.75, 3.05) is 6.54 Å². The fraction of sp³-hybridized carbons (Fsp3) is 0.562. The van der Waals surface area contributed by atoms with Gasteiger partial charge in [0.05, 0.1) is 0 Å². The minimum atomic E-state index is -0.449. The van der Waals surface area contributed by atoms with Gasteiger partial charge < -0.3 is 15.4 Å². The first-order valence-electron chi connectivity index (χ1n) is 7.22. The molecule has 2 N–H and O–H groups in total. The van der Waals surface area contributed by atoms with Crippen LogP contribution in [0.5, 0.6) is 0 Å². The van der Waals surface area contributed by atoms with E-state index >= 15 is 0 Å². The molecule has 1 heterocycles. The number of nitrogens with one attached hydrogen (secondary N) is 2. The van der Waals surface area contributed by atoms with Gasteiger partial charge in [-0.05, 0) is 45.7 Å². The fourth-order valence-corrected chi connectivity index (χ4v) is 2.46. The molecule has 0 spiro atoms. The number of ether oxygens (including phenoxy) is 1. The fourth-order valence-electron chi connectivity index (χ4n) is 2.46. The summed E-state index contributed by atoms with van der Waals surface area (Å²) >= 11 is 0. The zero-order chi connectivity index (χ0) is 14.6. The van der Waals surface area contributed by atoms with Crippen LogP contribution in [-0.4, -0.2) is 24.3 Å². The molecule has 1 aliphatic heterocycles. The molecule has 1 fully saturated rings. The van der Waals surface area contributed by atoms with E-state index in [9.17, 15) is 4.79 Å². The van der Waals surface area contributed by atoms with Gasteiger partial charge in [0.1, 0.15) is 5.60 Å². The summed E-state index contributed by atoms with van der Waals surface area (Å²) in [5, 5.41) is 6.47. The van der Waals surface area contributed by atoms with Gasteiger partial charge in [-0.2, -0.15) is 0 Å². The van der Waals surface area contributed by atoms with Crippen LogP contribution in [0.15, 0.2) is 30.3 Å². The van der Waals surface area contributed by atoms with Crippen LogP contribution in [0.1, 0.15) is 45.2 Å². The van der Waals surface area contributed by atoms with Crippen molar-refractivity contribution in [3.63, 3.8) is 0 Å². The number of rotatable bonds is 2. The van der Waals surface area contributed by atoms with Gasteiger partial charge in [-0.15, -0.1) is 0 Å². The van der Waals surface area contributed by atoms with E-state index in [-0.39, 0.29) is 12.1 Å². The quantitative estimate of drug-likeness (QED) is 0.873. The molecule has 2 unspecified atom stereocenters. The van der Waals surface area contributed by atoms with Crippen LogP contribution in [0.2, 0.25) is 0 Å². The van der Waals surface area contributed by atoms with Gasteiger partial charge in [0.15, 0.2) is 0 Å². The SMILES string of the molecule is CC(C)(C)OC(=O)NC1CCNC(c2ccccc2)C1. The maximum Gasteiger partial charge on any atom is 0.407 e. The summed E-state index contributed by atoms with van der Waals surface area (Å²) in [4.78, 5) is 11.8. The molecule has 2 rings (SSSR count). The van der Waals surface area contributed by atoms with Crippen LogP contribution in [0.4, 0.5) is 4.79 Å². The lowest BCUT2D eigenvalue weighted by atomic mass is 9.94. The number of hydrogen-bond donors (Lipinski definition) is 2. The molecule has 0 aromatic heterocycles. The van der Waals surface area contributed by atoms with Gasteiger partial charge in [-0.1, -0.05) is 30.3 Å². The van der Waals surface area contributed by atoms with Crippen LogP contribution in [0.25, 0.3) is 0 Å². The minimum Gasteiger partial charge on any atom is -0.444 e. The lowest BCUT2D eigenvalue weighted by Gasteiger charge is -2.31. The second-order valence-corrected chi connectivity index (χ2v) is 6.28. The van der Waals surface area contributed by atoms with E-state index in [1.165, 1.54) is 5.56 Å². The van der Waals surface area contributed by atoms with Crippen molar-refractivity contribution in [2.24, 2.45) is 0 Å². The standard InChI is InChI=1S/C16H24N2O2/c1-16(2,3)20-15(19)18-13-9-10-17-14(11-13)12-7-5-4-6-8-12/h4-8,13-14,17H,9-11H2,1-3H3,(H,18,19). The topological polar surface area (TPSA) is 50.4 Å². The van der Waals surface area contributed by atoms with Crippen molar-refractivity contribution in [2.45, 2.75) is 51.3 Å². The second-order valence-electron chi connectivity index (χ2n) is 6.28. The Bertz CT molecular complexity index is 440. The molecule has 1 amide bonds. The molecule has 1 aliphatic rings. The van der Waals surface area contributed by atoms with E-state index in [1.54, 1.807) is 0 Å². The molecule has 20 heavy (non-hydrogen) atoms. The Morgan fingerprint density at radius 1 is 1.30 bits per heavy atom. The molecule has 0 bridgehead atoms. The van der Waals surface area contributed by atoms with E-state index in [0.717, 1.165) is 19.4 Å². The second kappa shape index (κ2) is 6.27. The zero-order valence-electron chi connectivity index (χ0n) is 12.5. The summed E-state index contributed by atoms with van der Waals surface area (Å²) in [5.74, 6) is 0. The normalized spacial score (nSPS) is 23.1. The lowest BCUT2D eigenvalue weighted by Crippen LogP contribution is -2.45. The largest absolute Gasteiger partial charge is 0.444 e. The van der Waals surface area contributed by atoms with Gasteiger partial charge in [0.25, 0.3) is 0 Å². The molecule has 0 aliphatic carbocycles. The number of alkyl carbamates (subject to hydrolysis) is 1. The number of carbonyl (C=O) groups is 1. The van der Waals surface area contributed by atoms with Crippen LogP contribution in [-0.2, 0) is 4.74 Å². The van der Waals surface area contributed by atoms with Gasteiger partial charge >= 0.3 is 6.09 Å². The average Bonchev–Trinajstić information content (AvgIpc) is 2.38. The third kappa shape index (κ3) is 4.53. The molecule has 0 radical (unpaired) electrons. The number of hydrogen-bond acceptors (Lipinski definition) is 3. The predicted octanol–water partition coefficient (Wildman–Crippen LogP) is 3.00. The van der Waals surface area contributed by atoms with E-state index in [4.69, 9.17) is 4.74 Å². The van der Waals surface area contributed by atoms with Gasteiger partial charge in [-0.3, -0.25) is 0 Å². The monoisotopic (exact) mass is 276 g/mol. The van der Waals surface area contributed by atoms with Crippen LogP contribution < -0.4 is 10.6 Å². The smallest absolute Gasteiger partial charge is 0.407 e. The maximum absolute atomic E-state index is 11.8. The summed E-state index contributed by atoms with van der Waals surface area (Å²) < 4.78 is 5.31. The summed E-state index contributed by atoms with van der Waals surface area (Å²) in [6.07, 6.45) is 1.50. The molecule has 4 nitrogen and oxygen atoms in total. The Labute approximate surface area is 120 Å². The van der Waals surface area contributed by atoms with Crippen molar-refractivity contribution < 1.29 is 9.53 Å². The molecule has 1 aromatic rings. The van der Waals surface area contributed by atoms with E-state index < -0.39 is 5.60 Å². The summed E-state index contributed by atoms with van der Waals surface area (Å²) in [6, 6.07) is 10.8. The Morgan fingerprint density at radius 2 is 2.00 bits per heavy atom. The highest BCUT2D eigenvalue weighted by atomic mass is 16.6. The Balaban J connectivity index is 1.89. The number of carbonyl (C=O) groups excluding carboxylic acids is 1. The number of benzene rings is 1. The predicted molar refractivity (Wildman–Crippen MR) is 79.6 cm³/mol. The first kappa shape index (κ1) is 14.9. The van der Waals surface area contributed by atoms with Crippen molar-refractivity contribution >= 4 is 6.09 Å². The molecule has 4 heteroatoms. The molecule has 110 valence electrons. The van der Waals surface area contributed by atoms with Crippen LogP contribution >= 0.6 is 0 Å². The molecule has 1 saturated heterocycles. The summed E-state index contributed by atoms with van der Waals surface area (Å²) in [6.45, 7) is 6.53. The number of piperidine rings is 1. The van der Waals surface area contributed by atoms with Crippen LogP contribution in [0.3, 0.4) is 0 Å². The molecule has 0 saturated carbocycles. The molecule has 2 atom stereocenters. The first-order chi connectivity index (χ1) is 9.44. The maximum atomic E-state index is 11.8. The van der Waals surface area contributed by atoms with Gasteiger partial charge in [0, 0.05) is 12.1 Å². The molecule has 1 aromatic carbocycles. The van der Waals surface area contributed by atoms with Crippen molar-refractivity contribution in [3.05, 3.63) is 35.9 Å². The number of amides is 1. The minimum absolute atomic E-state index is 0.163. The highest BCUT2D eigenvalue weighted by molar-refractivity contribution is 5.68. The Morgan fingerprint density at radius 3 is 2.65 bits per heavy atom. The van der Waals surface area contributed by atoms with E-state index in [0.29, 0.717) is 6.04 Å². The van der Waals surface area contributed by atoms with Gasteiger partial charge in [-0.25, -0.2) is 4.79 Å². The summed E-state index contributed by atoms with van der Waals surface area (Å²) in [5.41, 5.74) is 0.818. The third-order valence-electron chi connectivity index (χ3n) is 3.33. The van der Waals surface area contributed by atoms with Crippen LogP contribution in [0, 0.1) is 0 Å². The third-order valence-corrected chi connectivity index (χ3v) is 3.33. The average molecular weight is 276 g/mol. The lowest BCUT2D eigenvalue weighted by molar-refractivity contribution is 0.0490. The zero-order valence-corrected chi connectivity index (χ0v) is 12.5. The van der Waals surface area contributed by atoms with E-state index in [2.05, 4.69) is 22.8 Å². The molecular weight excluding hydrogens is 252 g/mol. The van der Waals surface area contributed by atoms with Crippen molar-refractivity contribution in [1.82, 2.24) is 10.6 Å². The van der Waals surface area contributed by atoms with Crippen molar-refractivity contribution in [3.8, 4) is 0 Å². The highest BCUT2D eigenvalue weighted by Gasteiger charge is 2.25. The molecular formula is C16H24N2O2. The Hall–Kier alpha value is -1.55. The van der Waals surface area contributed by atoms with E-state index in [1.807, 2.05) is 39.0 Å².